The van der Waals surface area contributed by atoms with E-state index in [2.05, 4.69) is 33.4 Å². The number of nitrogens with one attached hydrogen (secondary N) is 2. The molecule has 0 fully saturated rings. The number of aromatic amines is 1. The predicted octanol–water partition coefficient (Wildman–Crippen LogP) is 3.21. The largest absolute Gasteiger partial charge is 0.372 e. The first kappa shape index (κ1) is 16.3. The van der Waals surface area contributed by atoms with E-state index < -0.39 is 10.0 Å². The zero-order valence-electron chi connectivity index (χ0n) is 13.7. The number of anilines is 2. The number of fused-ring (bicyclic) bond motifs is 1. The van der Waals surface area contributed by atoms with Crippen LogP contribution in [0.4, 0.5) is 11.4 Å². The van der Waals surface area contributed by atoms with E-state index in [1.54, 1.807) is 36.7 Å². The van der Waals surface area contributed by atoms with Gasteiger partial charge in [-0.1, -0.05) is 0 Å². The average molecular weight is 344 g/mol. The molecular formula is C17H20N4O2S. The molecule has 2 aromatic carbocycles. The molecule has 0 radical (unpaired) electrons. The van der Waals surface area contributed by atoms with Crippen LogP contribution in [0.1, 0.15) is 13.8 Å². The lowest BCUT2D eigenvalue weighted by atomic mass is 10.2. The maximum absolute atomic E-state index is 12.5. The van der Waals surface area contributed by atoms with E-state index in [1.165, 1.54) is 0 Å². The van der Waals surface area contributed by atoms with Crippen LogP contribution in [0.15, 0.2) is 53.7 Å². The second-order valence-corrected chi connectivity index (χ2v) is 7.09. The fourth-order valence-corrected chi connectivity index (χ4v) is 3.71. The predicted molar refractivity (Wildman–Crippen MR) is 96.9 cm³/mol. The van der Waals surface area contributed by atoms with Crippen LogP contribution >= 0.6 is 0 Å². The van der Waals surface area contributed by atoms with E-state index in [0.29, 0.717) is 11.2 Å². The SMILES string of the molecule is CCN(CC)c1ccc(NS(=O)(=O)c2ccc3nc[nH]c3c2)cc1. The summed E-state index contributed by atoms with van der Waals surface area (Å²) in [6, 6.07) is 12.2. The number of imidazole rings is 1. The molecule has 7 heteroatoms. The van der Waals surface area contributed by atoms with Crippen molar-refractivity contribution in [2.45, 2.75) is 18.7 Å². The molecule has 0 unspecified atom stereocenters. The van der Waals surface area contributed by atoms with Crippen LogP contribution < -0.4 is 9.62 Å². The highest BCUT2D eigenvalue weighted by Gasteiger charge is 2.15. The van der Waals surface area contributed by atoms with Crippen molar-refractivity contribution in [2.75, 3.05) is 22.7 Å². The summed E-state index contributed by atoms with van der Waals surface area (Å²) in [7, 11) is -3.64. The Morgan fingerprint density at radius 3 is 2.46 bits per heavy atom. The maximum atomic E-state index is 12.5. The Morgan fingerprint density at radius 2 is 1.79 bits per heavy atom. The molecule has 2 N–H and O–H groups in total. The number of hydrogen-bond acceptors (Lipinski definition) is 4. The Labute approximate surface area is 141 Å². The lowest BCUT2D eigenvalue weighted by molar-refractivity contribution is 0.601. The molecule has 0 aliphatic carbocycles. The highest BCUT2D eigenvalue weighted by Crippen LogP contribution is 2.22. The van der Waals surface area contributed by atoms with Crippen molar-refractivity contribution < 1.29 is 8.42 Å². The Bertz CT molecular complexity index is 929. The highest BCUT2D eigenvalue weighted by molar-refractivity contribution is 7.92. The average Bonchev–Trinajstić information content (AvgIpc) is 3.05. The van der Waals surface area contributed by atoms with Gasteiger partial charge in [0.1, 0.15) is 0 Å². The molecule has 24 heavy (non-hydrogen) atoms. The first-order valence-electron chi connectivity index (χ1n) is 7.84. The molecule has 1 aromatic heterocycles. The molecule has 3 rings (SSSR count). The summed E-state index contributed by atoms with van der Waals surface area (Å²) in [6.45, 7) is 6.00. The molecule has 126 valence electrons. The lowest BCUT2D eigenvalue weighted by Gasteiger charge is -2.21. The number of nitrogens with zero attached hydrogens (tertiary/aromatic N) is 2. The van der Waals surface area contributed by atoms with Crippen LogP contribution in [0.2, 0.25) is 0 Å². The summed E-state index contributed by atoms with van der Waals surface area (Å²) < 4.78 is 27.7. The summed E-state index contributed by atoms with van der Waals surface area (Å²) in [5, 5.41) is 0. The Morgan fingerprint density at radius 1 is 1.08 bits per heavy atom. The second kappa shape index (κ2) is 6.52. The molecule has 0 aliphatic rings. The number of sulfonamides is 1. The van der Waals surface area contributed by atoms with Gasteiger partial charge in [-0.15, -0.1) is 0 Å². The van der Waals surface area contributed by atoms with Crippen molar-refractivity contribution in [1.82, 2.24) is 9.97 Å². The summed E-state index contributed by atoms with van der Waals surface area (Å²) >= 11 is 0. The number of hydrogen-bond donors (Lipinski definition) is 2. The fourth-order valence-electron chi connectivity index (χ4n) is 2.62. The third kappa shape index (κ3) is 3.21. The van der Waals surface area contributed by atoms with Crippen molar-refractivity contribution in [3.05, 3.63) is 48.8 Å². The summed E-state index contributed by atoms with van der Waals surface area (Å²) in [4.78, 5) is 9.41. The van der Waals surface area contributed by atoms with E-state index in [-0.39, 0.29) is 4.90 Å². The van der Waals surface area contributed by atoms with Crippen LogP contribution in [-0.4, -0.2) is 31.5 Å². The smallest absolute Gasteiger partial charge is 0.261 e. The van der Waals surface area contributed by atoms with E-state index in [4.69, 9.17) is 0 Å². The number of H-pyrrole nitrogens is 1. The van der Waals surface area contributed by atoms with Gasteiger partial charge in [0.15, 0.2) is 0 Å². The zero-order chi connectivity index (χ0) is 17.2. The molecule has 6 nitrogen and oxygen atoms in total. The molecule has 0 amide bonds. The Hall–Kier alpha value is -2.54. The fraction of sp³-hybridized carbons (Fsp3) is 0.235. The minimum Gasteiger partial charge on any atom is -0.372 e. The third-order valence-electron chi connectivity index (χ3n) is 3.95. The first-order chi connectivity index (χ1) is 11.5. The summed E-state index contributed by atoms with van der Waals surface area (Å²) in [6.07, 6.45) is 1.54. The quantitative estimate of drug-likeness (QED) is 0.720. The molecular weight excluding hydrogens is 324 g/mol. The minimum absolute atomic E-state index is 0.201. The van der Waals surface area contributed by atoms with Gasteiger partial charge in [-0.05, 0) is 56.3 Å². The van der Waals surface area contributed by atoms with Gasteiger partial charge < -0.3 is 9.88 Å². The standard InChI is InChI=1S/C17H20N4O2S/c1-3-21(4-2)14-7-5-13(6-8-14)20-24(22,23)15-9-10-16-17(11-15)19-12-18-16/h5-12,20H,3-4H2,1-2H3,(H,18,19). The van der Waals surface area contributed by atoms with E-state index in [1.807, 2.05) is 12.1 Å². The van der Waals surface area contributed by atoms with Crippen molar-refractivity contribution in [3.63, 3.8) is 0 Å². The van der Waals surface area contributed by atoms with Gasteiger partial charge >= 0.3 is 0 Å². The summed E-state index contributed by atoms with van der Waals surface area (Å²) in [5.41, 5.74) is 3.03. The second-order valence-electron chi connectivity index (χ2n) is 5.41. The third-order valence-corrected chi connectivity index (χ3v) is 5.33. The Balaban J connectivity index is 1.83. The van der Waals surface area contributed by atoms with Crippen LogP contribution in [0.5, 0.6) is 0 Å². The normalized spacial score (nSPS) is 11.6. The minimum atomic E-state index is -3.64. The van der Waals surface area contributed by atoms with Gasteiger partial charge in [0, 0.05) is 24.5 Å². The van der Waals surface area contributed by atoms with Crippen molar-refractivity contribution in [3.8, 4) is 0 Å². The molecule has 3 aromatic rings. The van der Waals surface area contributed by atoms with Crippen LogP contribution in [-0.2, 0) is 10.0 Å². The molecule has 0 atom stereocenters. The maximum Gasteiger partial charge on any atom is 0.261 e. The Kier molecular flexibility index (Phi) is 4.44. The van der Waals surface area contributed by atoms with Gasteiger partial charge in [-0.25, -0.2) is 13.4 Å². The number of aromatic nitrogens is 2. The number of benzene rings is 2. The number of rotatable bonds is 6. The van der Waals surface area contributed by atoms with Gasteiger partial charge in [-0.2, -0.15) is 0 Å². The topological polar surface area (TPSA) is 78.1 Å². The molecule has 0 bridgehead atoms. The molecule has 0 saturated heterocycles. The van der Waals surface area contributed by atoms with Gasteiger partial charge in [0.2, 0.25) is 0 Å². The molecule has 1 heterocycles. The van der Waals surface area contributed by atoms with E-state index in [0.717, 1.165) is 24.3 Å². The van der Waals surface area contributed by atoms with Crippen LogP contribution in [0.3, 0.4) is 0 Å². The van der Waals surface area contributed by atoms with Crippen molar-refractivity contribution in [1.29, 1.82) is 0 Å². The van der Waals surface area contributed by atoms with E-state index >= 15 is 0 Å². The van der Waals surface area contributed by atoms with Gasteiger partial charge in [-0.3, -0.25) is 4.72 Å². The van der Waals surface area contributed by atoms with Crippen molar-refractivity contribution >= 4 is 32.4 Å². The monoisotopic (exact) mass is 344 g/mol. The van der Waals surface area contributed by atoms with Crippen LogP contribution in [0.25, 0.3) is 11.0 Å². The van der Waals surface area contributed by atoms with E-state index in [9.17, 15) is 8.42 Å². The molecule has 0 spiro atoms. The first-order valence-corrected chi connectivity index (χ1v) is 9.32. The van der Waals surface area contributed by atoms with Gasteiger partial charge in [0.25, 0.3) is 10.0 Å². The summed E-state index contributed by atoms with van der Waals surface area (Å²) in [5.74, 6) is 0. The highest BCUT2D eigenvalue weighted by atomic mass is 32.2. The molecule has 0 aliphatic heterocycles. The van der Waals surface area contributed by atoms with Crippen molar-refractivity contribution in [2.24, 2.45) is 0 Å². The lowest BCUT2D eigenvalue weighted by Crippen LogP contribution is -2.21. The van der Waals surface area contributed by atoms with Gasteiger partial charge in [0.05, 0.1) is 22.3 Å². The molecule has 0 saturated carbocycles. The van der Waals surface area contributed by atoms with Crippen LogP contribution in [0, 0.1) is 0 Å². The zero-order valence-corrected chi connectivity index (χ0v) is 14.5.